The Morgan fingerprint density at radius 3 is 2.43 bits per heavy atom. The van der Waals surface area contributed by atoms with Crippen molar-refractivity contribution in [3.8, 4) is 17.2 Å². The van der Waals surface area contributed by atoms with Crippen LogP contribution in [-0.2, 0) is 19.7 Å². The highest BCUT2D eigenvalue weighted by atomic mass is 16.6. The van der Waals surface area contributed by atoms with Gasteiger partial charge < -0.3 is 24.3 Å². The second kappa shape index (κ2) is 9.52. The molecule has 0 aliphatic carbocycles. The lowest BCUT2D eigenvalue weighted by Crippen LogP contribution is -2.42. The summed E-state index contributed by atoms with van der Waals surface area (Å²) in [6, 6.07) is 14.9. The zero-order valence-electron chi connectivity index (χ0n) is 17.5. The van der Waals surface area contributed by atoms with Crippen molar-refractivity contribution in [2.45, 2.75) is 32.3 Å². The Bertz CT molecular complexity index is 872. The van der Waals surface area contributed by atoms with E-state index >= 15 is 0 Å². The molecule has 0 aromatic heterocycles. The van der Waals surface area contributed by atoms with Crippen LogP contribution < -0.4 is 19.5 Å². The van der Waals surface area contributed by atoms with E-state index in [-0.39, 0.29) is 31.3 Å². The summed E-state index contributed by atoms with van der Waals surface area (Å²) in [5.74, 6) is 0.861. The van der Waals surface area contributed by atoms with Gasteiger partial charge in [-0.05, 0) is 35.2 Å². The first-order valence-electron chi connectivity index (χ1n) is 9.85. The van der Waals surface area contributed by atoms with Gasteiger partial charge in [-0.1, -0.05) is 45.0 Å². The molecule has 1 N–H and O–H groups in total. The third-order valence-electron chi connectivity index (χ3n) is 4.54. The van der Waals surface area contributed by atoms with Gasteiger partial charge in [0.1, 0.15) is 18.5 Å². The maximum atomic E-state index is 11.9. The Kier molecular flexibility index (Phi) is 6.82. The van der Waals surface area contributed by atoms with Gasteiger partial charge >= 0.3 is 5.97 Å². The van der Waals surface area contributed by atoms with Crippen molar-refractivity contribution in [2.24, 2.45) is 0 Å². The van der Waals surface area contributed by atoms with Crippen LogP contribution in [0.1, 0.15) is 26.3 Å². The first-order chi connectivity index (χ1) is 14.3. The minimum Gasteiger partial charge on any atom is -0.486 e. The standard InChI is InChI=1S/C23H27NO6/c1-23(2,3)16-8-10-17(11-9-16)27-15-22(26)29-14-21(25)24-12-18-13-28-19-6-4-5-7-20(19)30-18/h4-11,18H,12-15H2,1-3H3,(H,24,25). The van der Waals surface area contributed by atoms with Crippen LogP contribution in [0, 0.1) is 0 Å². The Hall–Kier alpha value is -3.22. The fraction of sp³-hybridized carbons (Fsp3) is 0.391. The molecule has 7 heteroatoms. The molecule has 160 valence electrons. The summed E-state index contributed by atoms with van der Waals surface area (Å²) < 4.78 is 21.7. The van der Waals surface area contributed by atoms with Crippen molar-refractivity contribution in [3.63, 3.8) is 0 Å². The van der Waals surface area contributed by atoms with E-state index < -0.39 is 11.9 Å². The molecule has 0 spiro atoms. The average Bonchev–Trinajstić information content (AvgIpc) is 2.74. The van der Waals surface area contributed by atoms with Crippen LogP contribution in [0.25, 0.3) is 0 Å². The normalized spacial score (nSPS) is 15.2. The molecule has 1 amide bonds. The van der Waals surface area contributed by atoms with Gasteiger partial charge in [-0.3, -0.25) is 4.79 Å². The number of fused-ring (bicyclic) bond motifs is 1. The maximum Gasteiger partial charge on any atom is 0.344 e. The summed E-state index contributed by atoms with van der Waals surface area (Å²) >= 11 is 0. The van der Waals surface area contributed by atoms with Crippen LogP contribution in [0.2, 0.25) is 0 Å². The van der Waals surface area contributed by atoms with Gasteiger partial charge in [0, 0.05) is 0 Å². The Balaban J connectivity index is 1.33. The number of hydrogen-bond donors (Lipinski definition) is 1. The zero-order valence-corrected chi connectivity index (χ0v) is 17.5. The predicted octanol–water partition coefficient (Wildman–Crippen LogP) is 2.86. The monoisotopic (exact) mass is 413 g/mol. The average molecular weight is 413 g/mol. The quantitative estimate of drug-likeness (QED) is 0.703. The minimum absolute atomic E-state index is 0.0446. The van der Waals surface area contributed by atoms with Crippen LogP contribution in [0.5, 0.6) is 17.2 Å². The molecule has 0 fully saturated rings. The zero-order chi connectivity index (χ0) is 21.6. The van der Waals surface area contributed by atoms with Crippen molar-refractivity contribution < 1.29 is 28.5 Å². The van der Waals surface area contributed by atoms with E-state index in [1.807, 2.05) is 48.5 Å². The van der Waals surface area contributed by atoms with Crippen molar-refractivity contribution in [1.82, 2.24) is 5.32 Å². The summed E-state index contributed by atoms with van der Waals surface area (Å²) in [4.78, 5) is 23.7. The molecular formula is C23H27NO6. The molecule has 7 nitrogen and oxygen atoms in total. The van der Waals surface area contributed by atoms with Gasteiger partial charge in [0.05, 0.1) is 6.54 Å². The number of para-hydroxylation sites is 2. The highest BCUT2D eigenvalue weighted by Gasteiger charge is 2.21. The van der Waals surface area contributed by atoms with Crippen molar-refractivity contribution in [2.75, 3.05) is 26.4 Å². The van der Waals surface area contributed by atoms with E-state index in [0.29, 0.717) is 23.9 Å². The smallest absolute Gasteiger partial charge is 0.344 e. The molecule has 1 atom stereocenters. The lowest BCUT2D eigenvalue weighted by molar-refractivity contribution is -0.150. The summed E-state index contributed by atoms with van der Waals surface area (Å²) in [6.45, 7) is 6.31. The number of carbonyl (C=O) groups excluding carboxylic acids is 2. The molecular weight excluding hydrogens is 386 g/mol. The molecule has 2 aromatic carbocycles. The summed E-state index contributed by atoms with van der Waals surface area (Å²) in [5, 5.41) is 2.67. The van der Waals surface area contributed by atoms with Gasteiger partial charge in [-0.15, -0.1) is 0 Å². The fourth-order valence-electron chi connectivity index (χ4n) is 2.82. The molecule has 1 aliphatic heterocycles. The van der Waals surface area contributed by atoms with Crippen molar-refractivity contribution >= 4 is 11.9 Å². The number of esters is 1. The molecule has 30 heavy (non-hydrogen) atoms. The van der Waals surface area contributed by atoms with Gasteiger partial charge in [-0.25, -0.2) is 4.79 Å². The van der Waals surface area contributed by atoms with E-state index in [0.717, 1.165) is 0 Å². The number of amides is 1. The molecule has 1 heterocycles. The van der Waals surface area contributed by atoms with E-state index in [9.17, 15) is 9.59 Å². The van der Waals surface area contributed by atoms with E-state index in [4.69, 9.17) is 18.9 Å². The fourth-order valence-corrected chi connectivity index (χ4v) is 2.82. The van der Waals surface area contributed by atoms with Crippen LogP contribution in [0.4, 0.5) is 0 Å². The van der Waals surface area contributed by atoms with Crippen LogP contribution in [0.3, 0.4) is 0 Å². The molecule has 0 saturated heterocycles. The van der Waals surface area contributed by atoms with Crippen LogP contribution >= 0.6 is 0 Å². The molecule has 2 aromatic rings. The van der Waals surface area contributed by atoms with Gasteiger partial charge in [0.25, 0.3) is 5.91 Å². The summed E-state index contributed by atoms with van der Waals surface area (Å²) in [7, 11) is 0. The molecule has 0 saturated carbocycles. The van der Waals surface area contributed by atoms with Crippen LogP contribution in [-0.4, -0.2) is 44.3 Å². The number of ether oxygens (including phenoxy) is 4. The van der Waals surface area contributed by atoms with Gasteiger partial charge in [0.2, 0.25) is 0 Å². The Morgan fingerprint density at radius 2 is 1.73 bits per heavy atom. The molecule has 1 aliphatic rings. The first kappa shape index (κ1) is 21.5. The number of benzene rings is 2. The Labute approximate surface area is 176 Å². The van der Waals surface area contributed by atoms with Gasteiger partial charge in [0.15, 0.2) is 24.7 Å². The van der Waals surface area contributed by atoms with Crippen molar-refractivity contribution in [1.29, 1.82) is 0 Å². The Morgan fingerprint density at radius 1 is 1.03 bits per heavy atom. The topological polar surface area (TPSA) is 83.1 Å². The number of carbonyl (C=O) groups is 2. The maximum absolute atomic E-state index is 11.9. The van der Waals surface area contributed by atoms with Crippen LogP contribution in [0.15, 0.2) is 48.5 Å². The van der Waals surface area contributed by atoms with Crippen molar-refractivity contribution in [3.05, 3.63) is 54.1 Å². The third-order valence-corrected chi connectivity index (χ3v) is 4.54. The van der Waals surface area contributed by atoms with E-state index in [1.165, 1.54) is 5.56 Å². The lowest BCUT2D eigenvalue weighted by atomic mass is 9.87. The number of nitrogens with one attached hydrogen (secondary N) is 1. The minimum atomic E-state index is -0.615. The number of rotatable bonds is 7. The SMILES string of the molecule is CC(C)(C)c1ccc(OCC(=O)OCC(=O)NCC2COc3ccccc3O2)cc1. The largest absolute Gasteiger partial charge is 0.486 e. The molecule has 3 rings (SSSR count). The molecule has 0 radical (unpaired) electrons. The lowest BCUT2D eigenvalue weighted by Gasteiger charge is -2.26. The summed E-state index contributed by atoms with van der Waals surface area (Å²) in [5.41, 5.74) is 1.22. The highest BCUT2D eigenvalue weighted by molar-refractivity contribution is 5.80. The highest BCUT2D eigenvalue weighted by Crippen LogP contribution is 2.30. The number of hydrogen-bond acceptors (Lipinski definition) is 6. The van der Waals surface area contributed by atoms with E-state index in [2.05, 4.69) is 26.1 Å². The van der Waals surface area contributed by atoms with Gasteiger partial charge in [-0.2, -0.15) is 0 Å². The third kappa shape index (κ3) is 6.14. The first-order valence-corrected chi connectivity index (χ1v) is 9.85. The molecule has 1 unspecified atom stereocenters. The predicted molar refractivity (Wildman–Crippen MR) is 111 cm³/mol. The second-order valence-corrected chi connectivity index (χ2v) is 8.03. The molecule has 0 bridgehead atoms. The summed E-state index contributed by atoms with van der Waals surface area (Å²) in [6.07, 6.45) is -0.307. The second-order valence-electron chi connectivity index (χ2n) is 8.03. The van der Waals surface area contributed by atoms with E-state index in [1.54, 1.807) is 0 Å².